The van der Waals surface area contributed by atoms with Gasteiger partial charge >= 0.3 is 0 Å². The molecule has 2 aromatic carbocycles. The maximum Gasteiger partial charge on any atom is 0.0178 e. The molecule has 2 aromatic rings. The van der Waals surface area contributed by atoms with Crippen molar-refractivity contribution in [1.82, 2.24) is 0 Å². The van der Waals surface area contributed by atoms with Crippen LogP contribution in [0.2, 0.25) is 0 Å². The fourth-order valence-corrected chi connectivity index (χ4v) is 6.44. The molecular formula is C21H21Br. The minimum Gasteiger partial charge on any atom is -0.0587 e. The maximum atomic E-state index is 3.73. The second kappa shape index (κ2) is 4.26. The summed E-state index contributed by atoms with van der Waals surface area (Å²) in [5.74, 6) is 0. The molecule has 2 fully saturated rings. The van der Waals surface area contributed by atoms with Crippen LogP contribution in [0.3, 0.4) is 0 Å². The molecule has 0 amide bonds. The minimum atomic E-state index is 0.410. The first-order valence-electron chi connectivity index (χ1n) is 8.58. The number of fused-ring (bicyclic) bond motifs is 3. The lowest BCUT2D eigenvalue weighted by Crippen LogP contribution is -2.43. The van der Waals surface area contributed by atoms with Crippen molar-refractivity contribution in [2.75, 3.05) is 0 Å². The number of halogens is 1. The highest BCUT2D eigenvalue weighted by molar-refractivity contribution is 9.10. The van der Waals surface area contributed by atoms with E-state index in [1.807, 2.05) is 0 Å². The van der Waals surface area contributed by atoms with E-state index in [2.05, 4.69) is 59.3 Å². The summed E-state index contributed by atoms with van der Waals surface area (Å²) < 4.78 is 1.24. The second-order valence-corrected chi connectivity index (χ2v) is 8.53. The minimum absolute atomic E-state index is 0.410. The van der Waals surface area contributed by atoms with Crippen LogP contribution in [0.15, 0.2) is 40.9 Å². The highest BCUT2D eigenvalue weighted by Gasteiger charge is 2.62. The molecule has 0 N–H and O–H groups in total. The summed E-state index contributed by atoms with van der Waals surface area (Å²) >= 11 is 3.73. The van der Waals surface area contributed by atoms with E-state index in [-0.39, 0.29) is 0 Å². The monoisotopic (exact) mass is 352 g/mol. The Balaban J connectivity index is 1.93. The topological polar surface area (TPSA) is 0 Å². The smallest absolute Gasteiger partial charge is 0.0178 e. The summed E-state index contributed by atoms with van der Waals surface area (Å²) in [6.07, 6.45) is 8.30. The van der Waals surface area contributed by atoms with Crippen LogP contribution in [-0.2, 0) is 10.8 Å². The van der Waals surface area contributed by atoms with Crippen molar-refractivity contribution < 1.29 is 0 Å². The van der Waals surface area contributed by atoms with E-state index in [4.69, 9.17) is 0 Å². The van der Waals surface area contributed by atoms with Crippen LogP contribution < -0.4 is 0 Å². The number of hydrogen-bond donors (Lipinski definition) is 0. The Morgan fingerprint density at radius 3 is 1.95 bits per heavy atom. The number of hydrogen-bond acceptors (Lipinski definition) is 0. The molecule has 0 bridgehead atoms. The predicted octanol–water partition coefficient (Wildman–Crippen LogP) is 6.28. The third-order valence-electron chi connectivity index (χ3n) is 6.81. The molecule has 0 unspecified atom stereocenters. The van der Waals surface area contributed by atoms with Crippen molar-refractivity contribution in [2.45, 2.75) is 56.3 Å². The Hall–Kier alpha value is -1.08. The van der Waals surface area contributed by atoms with Crippen molar-refractivity contribution in [2.24, 2.45) is 0 Å². The van der Waals surface area contributed by atoms with Crippen molar-refractivity contribution >= 4 is 15.9 Å². The van der Waals surface area contributed by atoms with Gasteiger partial charge in [0.1, 0.15) is 0 Å². The molecule has 0 saturated heterocycles. The lowest BCUT2D eigenvalue weighted by molar-refractivity contribution is 0.299. The molecule has 0 heterocycles. The van der Waals surface area contributed by atoms with E-state index in [1.54, 1.807) is 11.1 Å². The summed E-state index contributed by atoms with van der Waals surface area (Å²) in [6, 6.07) is 14.2. The van der Waals surface area contributed by atoms with Crippen LogP contribution in [0, 0.1) is 6.92 Å². The summed E-state index contributed by atoms with van der Waals surface area (Å²) in [7, 11) is 0. The summed E-state index contributed by atoms with van der Waals surface area (Å²) in [5, 5.41) is 0. The maximum absolute atomic E-state index is 3.73. The lowest BCUT2D eigenvalue weighted by Gasteiger charge is -2.48. The van der Waals surface area contributed by atoms with Crippen LogP contribution in [0.25, 0.3) is 11.1 Å². The SMILES string of the molecule is Cc1ccc2c(c1)C13CCCC1(CCC3)c1cc(Br)ccc1-2. The first-order chi connectivity index (χ1) is 10.7. The molecule has 5 rings (SSSR count). The van der Waals surface area contributed by atoms with Gasteiger partial charge in [0.05, 0.1) is 0 Å². The fourth-order valence-electron chi connectivity index (χ4n) is 6.08. The molecule has 0 aliphatic heterocycles. The quantitative estimate of drug-likeness (QED) is 0.523. The van der Waals surface area contributed by atoms with E-state index in [0.29, 0.717) is 10.8 Å². The molecule has 2 saturated carbocycles. The van der Waals surface area contributed by atoms with E-state index < -0.39 is 0 Å². The van der Waals surface area contributed by atoms with Gasteiger partial charge in [-0.05, 0) is 67.0 Å². The molecule has 0 nitrogen and oxygen atoms in total. The Labute approximate surface area is 141 Å². The third-order valence-corrected chi connectivity index (χ3v) is 7.30. The van der Waals surface area contributed by atoms with Crippen LogP contribution in [0.1, 0.15) is 55.2 Å². The summed E-state index contributed by atoms with van der Waals surface area (Å²) in [4.78, 5) is 0. The van der Waals surface area contributed by atoms with Crippen molar-refractivity contribution in [3.63, 3.8) is 0 Å². The average Bonchev–Trinajstić information content (AvgIpc) is 3.04. The Morgan fingerprint density at radius 2 is 1.32 bits per heavy atom. The first-order valence-corrected chi connectivity index (χ1v) is 9.37. The molecule has 1 heteroatoms. The number of aryl methyl sites for hydroxylation is 1. The van der Waals surface area contributed by atoms with Gasteiger partial charge in [-0.3, -0.25) is 0 Å². The summed E-state index contributed by atoms with van der Waals surface area (Å²) in [5.41, 5.74) is 8.55. The molecule has 3 aliphatic carbocycles. The highest BCUT2D eigenvalue weighted by Crippen LogP contribution is 2.69. The fraction of sp³-hybridized carbons (Fsp3) is 0.429. The van der Waals surface area contributed by atoms with Gasteiger partial charge in [-0.2, -0.15) is 0 Å². The van der Waals surface area contributed by atoms with Gasteiger partial charge in [0, 0.05) is 15.3 Å². The van der Waals surface area contributed by atoms with E-state index in [1.165, 1.54) is 59.7 Å². The van der Waals surface area contributed by atoms with Gasteiger partial charge in [-0.25, -0.2) is 0 Å². The van der Waals surface area contributed by atoms with Crippen molar-refractivity contribution in [1.29, 1.82) is 0 Å². The zero-order chi connectivity index (χ0) is 14.9. The van der Waals surface area contributed by atoms with Gasteiger partial charge in [0.2, 0.25) is 0 Å². The predicted molar refractivity (Wildman–Crippen MR) is 95.4 cm³/mol. The molecule has 112 valence electrons. The van der Waals surface area contributed by atoms with Gasteiger partial charge in [0.25, 0.3) is 0 Å². The van der Waals surface area contributed by atoms with Gasteiger partial charge < -0.3 is 0 Å². The Kier molecular flexibility index (Phi) is 2.59. The van der Waals surface area contributed by atoms with Crippen LogP contribution in [-0.4, -0.2) is 0 Å². The van der Waals surface area contributed by atoms with E-state index in [9.17, 15) is 0 Å². The van der Waals surface area contributed by atoms with Crippen LogP contribution in [0.5, 0.6) is 0 Å². The number of rotatable bonds is 0. The van der Waals surface area contributed by atoms with Gasteiger partial charge in [-0.15, -0.1) is 0 Å². The summed E-state index contributed by atoms with van der Waals surface area (Å²) in [6.45, 7) is 2.25. The Morgan fingerprint density at radius 1 is 0.773 bits per heavy atom. The van der Waals surface area contributed by atoms with Gasteiger partial charge in [0.15, 0.2) is 0 Å². The zero-order valence-electron chi connectivity index (χ0n) is 13.1. The van der Waals surface area contributed by atoms with Crippen molar-refractivity contribution in [3.05, 3.63) is 57.6 Å². The number of benzene rings is 2. The van der Waals surface area contributed by atoms with Crippen LogP contribution >= 0.6 is 15.9 Å². The van der Waals surface area contributed by atoms with E-state index in [0.717, 1.165) is 0 Å². The lowest BCUT2D eigenvalue weighted by atomic mass is 9.55. The second-order valence-electron chi connectivity index (χ2n) is 7.61. The third kappa shape index (κ3) is 1.40. The normalized spacial score (nSPS) is 31.4. The van der Waals surface area contributed by atoms with Crippen molar-refractivity contribution in [3.8, 4) is 11.1 Å². The molecule has 3 aliphatic rings. The highest BCUT2D eigenvalue weighted by atomic mass is 79.9. The molecule has 0 radical (unpaired) electrons. The molecule has 0 spiro atoms. The standard InChI is InChI=1S/C21H21Br/c1-14-4-6-16-17-7-5-15(22)13-19(17)21-10-2-8-20(21,9-3-11-21)18(16)12-14/h4-7,12-13H,2-3,8-11H2,1H3. The average molecular weight is 353 g/mol. The first kappa shape index (κ1) is 13.4. The van der Waals surface area contributed by atoms with E-state index >= 15 is 0 Å². The molecule has 0 aromatic heterocycles. The van der Waals surface area contributed by atoms with Gasteiger partial charge in [-0.1, -0.05) is 58.6 Å². The van der Waals surface area contributed by atoms with Crippen LogP contribution in [0.4, 0.5) is 0 Å². The molecule has 0 atom stereocenters. The molecule has 22 heavy (non-hydrogen) atoms. The zero-order valence-corrected chi connectivity index (χ0v) is 14.7. The molecular weight excluding hydrogens is 332 g/mol. The largest absolute Gasteiger partial charge is 0.0587 e. The Bertz CT molecular complexity index is 711.